The lowest BCUT2D eigenvalue weighted by molar-refractivity contribution is -0.229. The van der Waals surface area contributed by atoms with Crippen molar-refractivity contribution < 1.29 is 38.1 Å². The quantitative estimate of drug-likeness (QED) is 0.533. The number of rotatable bonds is 4. The van der Waals surface area contributed by atoms with Gasteiger partial charge in [-0.1, -0.05) is 0 Å². The zero-order chi connectivity index (χ0) is 16.9. The van der Waals surface area contributed by atoms with Crippen LogP contribution in [0.25, 0.3) is 0 Å². The topological polar surface area (TPSA) is 117 Å². The first-order valence-corrected chi connectivity index (χ1v) is 6.61. The summed E-state index contributed by atoms with van der Waals surface area (Å²) in [6, 6.07) is 0. The summed E-state index contributed by atoms with van der Waals surface area (Å²) >= 11 is 0. The van der Waals surface area contributed by atoms with E-state index in [1.165, 1.54) is 20.8 Å². The standard InChI is InChI=1S/C13H19NO8/c1-6(15)14-13-12(22-9(4)18)11(21-8(3)17)10(5-19-13)20-7(2)16/h10-13H,5H2,1-4H3,(H,14,15)/t10-,11+,12-,13-/m1/s1. The third kappa shape index (κ3) is 5.32. The molecule has 0 bridgehead atoms. The van der Waals surface area contributed by atoms with Crippen molar-refractivity contribution in [3.63, 3.8) is 0 Å². The Hall–Kier alpha value is -2.16. The minimum Gasteiger partial charge on any atom is -0.456 e. The molecule has 1 heterocycles. The highest BCUT2D eigenvalue weighted by atomic mass is 16.6. The molecular formula is C13H19NO8. The first-order chi connectivity index (χ1) is 10.2. The molecule has 1 fully saturated rings. The van der Waals surface area contributed by atoms with Crippen LogP contribution in [0.4, 0.5) is 0 Å². The molecule has 0 aromatic heterocycles. The molecule has 124 valence electrons. The van der Waals surface area contributed by atoms with E-state index >= 15 is 0 Å². The molecular weight excluding hydrogens is 298 g/mol. The summed E-state index contributed by atoms with van der Waals surface area (Å²) in [6.45, 7) is 4.64. The fourth-order valence-corrected chi connectivity index (χ4v) is 2.07. The number of ether oxygens (including phenoxy) is 4. The summed E-state index contributed by atoms with van der Waals surface area (Å²) in [5.41, 5.74) is 0. The Bertz CT molecular complexity index is 421. The second-order valence-corrected chi connectivity index (χ2v) is 4.75. The van der Waals surface area contributed by atoms with E-state index in [2.05, 4.69) is 5.32 Å². The molecule has 0 aromatic carbocycles. The predicted molar refractivity (Wildman–Crippen MR) is 70.2 cm³/mol. The molecule has 22 heavy (non-hydrogen) atoms. The lowest BCUT2D eigenvalue weighted by Crippen LogP contribution is -2.62. The summed E-state index contributed by atoms with van der Waals surface area (Å²) in [7, 11) is 0. The van der Waals surface area contributed by atoms with Crippen molar-refractivity contribution >= 4 is 23.8 Å². The van der Waals surface area contributed by atoms with Crippen molar-refractivity contribution in [1.29, 1.82) is 0 Å². The van der Waals surface area contributed by atoms with Crippen LogP contribution in [0, 0.1) is 0 Å². The van der Waals surface area contributed by atoms with E-state index in [1.54, 1.807) is 0 Å². The molecule has 0 unspecified atom stereocenters. The number of carbonyl (C=O) groups excluding carboxylic acids is 4. The van der Waals surface area contributed by atoms with Crippen molar-refractivity contribution in [2.45, 2.75) is 52.2 Å². The molecule has 0 spiro atoms. The second-order valence-electron chi connectivity index (χ2n) is 4.75. The van der Waals surface area contributed by atoms with Gasteiger partial charge >= 0.3 is 17.9 Å². The van der Waals surface area contributed by atoms with Crippen LogP contribution in [-0.4, -0.2) is 55.0 Å². The Kier molecular flexibility index (Phi) is 6.29. The van der Waals surface area contributed by atoms with Gasteiger partial charge in [-0.2, -0.15) is 0 Å². The lowest BCUT2D eigenvalue weighted by Gasteiger charge is -2.40. The Morgan fingerprint density at radius 1 is 0.864 bits per heavy atom. The van der Waals surface area contributed by atoms with E-state index in [0.29, 0.717) is 0 Å². The first kappa shape index (κ1) is 17.9. The number of nitrogens with one attached hydrogen (secondary N) is 1. The van der Waals surface area contributed by atoms with Crippen LogP contribution in [0.5, 0.6) is 0 Å². The Morgan fingerprint density at radius 3 is 1.82 bits per heavy atom. The Morgan fingerprint density at radius 2 is 1.36 bits per heavy atom. The number of carbonyl (C=O) groups is 4. The fraction of sp³-hybridized carbons (Fsp3) is 0.692. The van der Waals surface area contributed by atoms with E-state index < -0.39 is 48.4 Å². The molecule has 1 aliphatic rings. The number of hydrogen-bond acceptors (Lipinski definition) is 8. The maximum absolute atomic E-state index is 11.3. The van der Waals surface area contributed by atoms with Crippen LogP contribution in [0.15, 0.2) is 0 Å². The SMILES string of the molecule is CC(=O)N[C@@H]1OC[C@@H](OC(C)=O)[C@H](OC(C)=O)[C@H]1OC(C)=O. The molecule has 1 rings (SSSR count). The molecule has 0 saturated carbocycles. The normalized spacial score (nSPS) is 27.5. The van der Waals surface area contributed by atoms with E-state index in [9.17, 15) is 19.2 Å². The third-order valence-corrected chi connectivity index (χ3v) is 2.70. The van der Waals surface area contributed by atoms with Crippen LogP contribution >= 0.6 is 0 Å². The average Bonchev–Trinajstić information content (AvgIpc) is 2.34. The maximum atomic E-state index is 11.3. The van der Waals surface area contributed by atoms with Gasteiger partial charge in [0.25, 0.3) is 0 Å². The van der Waals surface area contributed by atoms with Crippen molar-refractivity contribution in [2.24, 2.45) is 0 Å². The minimum atomic E-state index is -1.14. The van der Waals surface area contributed by atoms with E-state index in [4.69, 9.17) is 18.9 Å². The zero-order valence-corrected chi connectivity index (χ0v) is 12.8. The summed E-state index contributed by atoms with van der Waals surface area (Å²) in [4.78, 5) is 44.9. The molecule has 9 nitrogen and oxygen atoms in total. The Balaban J connectivity index is 3.03. The van der Waals surface area contributed by atoms with Crippen LogP contribution in [0.2, 0.25) is 0 Å². The van der Waals surface area contributed by atoms with Gasteiger partial charge in [0.2, 0.25) is 5.91 Å². The number of esters is 3. The van der Waals surface area contributed by atoms with Gasteiger partial charge in [-0.15, -0.1) is 0 Å². The van der Waals surface area contributed by atoms with Gasteiger partial charge in [-0.05, 0) is 0 Å². The molecule has 1 N–H and O–H groups in total. The van der Waals surface area contributed by atoms with E-state index in [-0.39, 0.29) is 6.61 Å². The average molecular weight is 317 g/mol. The van der Waals surface area contributed by atoms with Crippen molar-refractivity contribution in [1.82, 2.24) is 5.32 Å². The lowest BCUT2D eigenvalue weighted by atomic mass is 10.0. The molecule has 0 aromatic rings. The third-order valence-electron chi connectivity index (χ3n) is 2.70. The van der Waals surface area contributed by atoms with Gasteiger partial charge in [-0.25, -0.2) is 0 Å². The molecule has 9 heteroatoms. The van der Waals surface area contributed by atoms with Crippen molar-refractivity contribution in [2.75, 3.05) is 6.61 Å². The molecule has 0 aliphatic carbocycles. The molecule has 1 saturated heterocycles. The van der Waals surface area contributed by atoms with Gasteiger partial charge < -0.3 is 24.3 Å². The van der Waals surface area contributed by atoms with Gasteiger partial charge in [0.1, 0.15) is 0 Å². The molecule has 1 amide bonds. The van der Waals surface area contributed by atoms with Gasteiger partial charge in [0.05, 0.1) is 6.61 Å². The second kappa shape index (κ2) is 7.74. The van der Waals surface area contributed by atoms with Gasteiger partial charge in [-0.3, -0.25) is 19.2 Å². The van der Waals surface area contributed by atoms with Crippen LogP contribution < -0.4 is 5.32 Å². The fourth-order valence-electron chi connectivity index (χ4n) is 2.07. The zero-order valence-electron chi connectivity index (χ0n) is 12.8. The van der Waals surface area contributed by atoms with Crippen molar-refractivity contribution in [3.8, 4) is 0 Å². The monoisotopic (exact) mass is 317 g/mol. The smallest absolute Gasteiger partial charge is 0.303 e. The summed E-state index contributed by atoms with van der Waals surface area (Å²) < 4.78 is 20.6. The highest BCUT2D eigenvalue weighted by Crippen LogP contribution is 2.23. The maximum Gasteiger partial charge on any atom is 0.303 e. The number of amides is 1. The molecule has 1 aliphatic heterocycles. The van der Waals surface area contributed by atoms with Crippen LogP contribution in [0.3, 0.4) is 0 Å². The molecule has 4 atom stereocenters. The largest absolute Gasteiger partial charge is 0.456 e. The molecule has 0 radical (unpaired) electrons. The predicted octanol–water partition coefficient (Wildman–Crippen LogP) is -0.726. The van der Waals surface area contributed by atoms with Crippen LogP contribution in [0.1, 0.15) is 27.7 Å². The highest BCUT2D eigenvalue weighted by molar-refractivity contribution is 5.73. The van der Waals surface area contributed by atoms with Crippen molar-refractivity contribution in [3.05, 3.63) is 0 Å². The van der Waals surface area contributed by atoms with Crippen LogP contribution in [-0.2, 0) is 38.1 Å². The number of hydrogen-bond donors (Lipinski definition) is 1. The Labute approximate surface area is 127 Å². The first-order valence-electron chi connectivity index (χ1n) is 6.61. The summed E-state index contributed by atoms with van der Waals surface area (Å²) in [5.74, 6) is -2.34. The summed E-state index contributed by atoms with van der Waals surface area (Å²) in [5, 5.41) is 2.44. The minimum absolute atomic E-state index is 0.125. The highest BCUT2D eigenvalue weighted by Gasteiger charge is 2.47. The van der Waals surface area contributed by atoms with Gasteiger partial charge in [0, 0.05) is 27.7 Å². The summed E-state index contributed by atoms with van der Waals surface area (Å²) in [6.07, 6.45) is -4.19. The van der Waals surface area contributed by atoms with Gasteiger partial charge in [0.15, 0.2) is 24.5 Å². The van der Waals surface area contributed by atoms with E-state index in [1.807, 2.05) is 0 Å². The van der Waals surface area contributed by atoms with E-state index in [0.717, 1.165) is 6.92 Å².